The summed E-state index contributed by atoms with van der Waals surface area (Å²) in [4.78, 5) is 22.4. The number of unbranched alkanes of at least 4 members (excludes halogenated alkanes) is 2. The van der Waals surface area contributed by atoms with Gasteiger partial charge < -0.3 is 35.9 Å². The van der Waals surface area contributed by atoms with Crippen LogP contribution in [0.1, 0.15) is 56.1 Å². The third-order valence-electron chi connectivity index (χ3n) is 4.74. The number of hydrogen-bond donors (Lipinski definition) is 2. The monoisotopic (exact) mass is 448 g/mol. The van der Waals surface area contributed by atoms with E-state index < -0.39 is 5.97 Å². The molecule has 0 aromatic carbocycles. The van der Waals surface area contributed by atoms with Crippen molar-refractivity contribution in [2.45, 2.75) is 58.8 Å². The molecule has 7 nitrogen and oxygen atoms in total. The number of rotatable bonds is 8. The Labute approximate surface area is 211 Å². The summed E-state index contributed by atoms with van der Waals surface area (Å²) in [6, 6.07) is 6.11. The second-order valence-corrected chi connectivity index (χ2v) is 7.47. The van der Waals surface area contributed by atoms with Crippen molar-refractivity contribution in [3.8, 4) is 5.88 Å². The smallest absolute Gasteiger partial charge is 0.511 e. The average molecular weight is 449 g/mol. The van der Waals surface area contributed by atoms with Gasteiger partial charge in [-0.15, -0.1) is 0 Å². The predicted molar refractivity (Wildman–Crippen MR) is 128 cm³/mol. The van der Waals surface area contributed by atoms with Crippen LogP contribution in [0.5, 0.6) is 5.88 Å². The Bertz CT molecular complexity index is 805. The maximum absolute atomic E-state index is 9.89. The van der Waals surface area contributed by atoms with E-state index in [4.69, 9.17) is 9.84 Å². The third kappa shape index (κ3) is 13.3. The molecule has 0 aliphatic carbocycles. The van der Waals surface area contributed by atoms with Gasteiger partial charge in [0.05, 0.1) is 0 Å². The molecule has 0 unspecified atom stereocenters. The molecule has 1 aliphatic rings. The second kappa shape index (κ2) is 18.3. The van der Waals surface area contributed by atoms with Gasteiger partial charge in [-0.25, -0.2) is 9.97 Å². The Morgan fingerprint density at radius 1 is 1.21 bits per heavy atom. The maximum Gasteiger partial charge on any atom is 1.00 e. The van der Waals surface area contributed by atoms with E-state index in [9.17, 15) is 4.79 Å². The van der Waals surface area contributed by atoms with E-state index in [1.165, 1.54) is 36.9 Å². The molecular weight excluding hydrogens is 411 g/mol. The van der Waals surface area contributed by atoms with Crippen LogP contribution >= 0.6 is 0 Å². The number of nitrogens with one attached hydrogen (secondary N) is 1. The molecule has 0 amide bonds. The Kier molecular flexibility index (Phi) is 17.2. The van der Waals surface area contributed by atoms with Crippen molar-refractivity contribution >= 4 is 11.8 Å². The van der Waals surface area contributed by atoms with E-state index in [0.717, 1.165) is 25.2 Å². The van der Waals surface area contributed by atoms with E-state index in [-0.39, 0.29) is 24.8 Å². The summed E-state index contributed by atoms with van der Waals surface area (Å²) in [6.45, 7) is 15.7. The number of fused-ring (bicyclic) bond motifs is 1. The number of aromatic nitrogens is 3. The summed E-state index contributed by atoms with van der Waals surface area (Å²) in [7, 11) is 0. The SMILES string of the molecule is [CH2-]CCCCc1ccc2c(n1)NCCC2.[CH2-]COc1ccnc(C)n1.[CH2-]C[C@H](C)C(=O)O.[Li+]. The zero-order valence-electron chi connectivity index (χ0n) is 20.5. The number of hydrogen-bond acceptors (Lipinski definition) is 6. The van der Waals surface area contributed by atoms with Crippen molar-refractivity contribution < 1.29 is 33.5 Å². The first-order chi connectivity index (χ1) is 15.4. The molecule has 2 N–H and O–H groups in total. The molecule has 0 saturated heterocycles. The molecule has 8 heteroatoms. The zero-order valence-corrected chi connectivity index (χ0v) is 20.5. The Morgan fingerprint density at radius 3 is 2.55 bits per heavy atom. The van der Waals surface area contributed by atoms with Crippen LogP contribution in [0, 0.1) is 33.6 Å². The largest absolute Gasteiger partial charge is 1.00 e. The quantitative estimate of drug-likeness (QED) is 0.362. The third-order valence-corrected chi connectivity index (χ3v) is 4.74. The molecule has 1 aliphatic heterocycles. The fraction of sp³-hybridized carbons (Fsp3) is 0.480. The van der Waals surface area contributed by atoms with Gasteiger partial charge in [0.2, 0.25) is 5.88 Å². The molecule has 2 aromatic heterocycles. The standard InChI is InChI=1S/C13H19N2.C7H9N2O.C5H9O2.Li/c1-2-3-4-7-12-9-8-11-6-5-10-14-13(11)15-12;1-3-10-7-4-5-8-6(2)9-7;1-3-4(2)5(6)7;/h8-9H,1-7,10H2,(H,14,15);4-5H,1,3H2,2H3;4H,1,3H2,2H3,(H,6,7);/q3*-1;+1/t;;4-;/m..0./s1. The molecule has 0 radical (unpaired) electrons. The number of nitrogens with zero attached hydrogens (tertiary/aromatic N) is 3. The van der Waals surface area contributed by atoms with E-state index >= 15 is 0 Å². The number of carboxylic acids is 1. The summed E-state index contributed by atoms with van der Waals surface area (Å²) in [5.41, 5.74) is 2.60. The topological polar surface area (TPSA) is 97.2 Å². The second-order valence-electron chi connectivity index (χ2n) is 7.47. The first-order valence-electron chi connectivity index (χ1n) is 11.2. The molecule has 0 spiro atoms. The molecule has 3 heterocycles. The van der Waals surface area contributed by atoms with Gasteiger partial charge in [0.1, 0.15) is 11.6 Å². The predicted octanol–water partition coefficient (Wildman–Crippen LogP) is 1.92. The molecule has 3 rings (SSSR count). The Hall–Kier alpha value is -2.10. The average Bonchev–Trinajstić information content (AvgIpc) is 2.80. The van der Waals surface area contributed by atoms with Gasteiger partial charge in [-0.3, -0.25) is 4.79 Å². The Morgan fingerprint density at radius 2 is 1.97 bits per heavy atom. The number of aliphatic carboxylic acids is 1. The van der Waals surface area contributed by atoms with Gasteiger partial charge in [0.15, 0.2) is 0 Å². The van der Waals surface area contributed by atoms with E-state index in [1.807, 2.05) is 6.92 Å². The van der Waals surface area contributed by atoms with Gasteiger partial charge >= 0.3 is 24.8 Å². The first kappa shape index (κ1) is 30.9. The molecule has 178 valence electrons. The number of aryl methyl sites for hydroxylation is 3. The molecule has 0 fully saturated rings. The van der Waals surface area contributed by atoms with E-state index in [1.54, 1.807) is 19.2 Å². The van der Waals surface area contributed by atoms with Gasteiger partial charge in [-0.2, -0.15) is 17.8 Å². The van der Waals surface area contributed by atoms with Crippen LogP contribution in [0.2, 0.25) is 0 Å². The molecule has 1 atom stereocenters. The number of pyridine rings is 1. The fourth-order valence-electron chi connectivity index (χ4n) is 2.73. The van der Waals surface area contributed by atoms with Crippen LogP contribution < -0.4 is 28.9 Å². The van der Waals surface area contributed by atoms with Crippen LogP contribution in [0.15, 0.2) is 24.4 Å². The van der Waals surface area contributed by atoms with Crippen LogP contribution in [0.4, 0.5) is 5.82 Å². The Balaban J connectivity index is 0.000000497. The molecule has 0 bridgehead atoms. The van der Waals surface area contributed by atoms with Crippen molar-refractivity contribution in [2.75, 3.05) is 18.5 Å². The summed E-state index contributed by atoms with van der Waals surface area (Å²) in [5, 5.41) is 11.5. The summed E-state index contributed by atoms with van der Waals surface area (Å²) >= 11 is 0. The zero-order chi connectivity index (χ0) is 23.8. The van der Waals surface area contributed by atoms with Crippen LogP contribution in [0.25, 0.3) is 0 Å². The van der Waals surface area contributed by atoms with Crippen molar-refractivity contribution in [1.29, 1.82) is 0 Å². The minimum Gasteiger partial charge on any atom is -0.511 e. The van der Waals surface area contributed by atoms with E-state index in [0.29, 0.717) is 24.7 Å². The van der Waals surface area contributed by atoms with Crippen LogP contribution in [-0.4, -0.2) is 39.2 Å². The van der Waals surface area contributed by atoms with Crippen molar-refractivity contribution in [3.05, 3.63) is 62.2 Å². The van der Waals surface area contributed by atoms with Crippen molar-refractivity contribution in [3.63, 3.8) is 0 Å². The minimum atomic E-state index is -0.769. The molecule has 2 aromatic rings. The number of carboxylic acid groups (broad SMARTS) is 1. The maximum atomic E-state index is 9.89. The summed E-state index contributed by atoms with van der Waals surface area (Å²) in [5.74, 6) is 1.36. The summed E-state index contributed by atoms with van der Waals surface area (Å²) < 4.78 is 5.02. The van der Waals surface area contributed by atoms with Gasteiger partial charge in [-0.1, -0.05) is 25.8 Å². The minimum absolute atomic E-state index is 0. The fourth-order valence-corrected chi connectivity index (χ4v) is 2.73. The van der Waals surface area contributed by atoms with Gasteiger partial charge in [0.25, 0.3) is 0 Å². The van der Waals surface area contributed by atoms with Crippen LogP contribution in [-0.2, 0) is 17.6 Å². The number of anilines is 1. The van der Waals surface area contributed by atoms with Crippen molar-refractivity contribution in [2.24, 2.45) is 5.92 Å². The molecule has 33 heavy (non-hydrogen) atoms. The van der Waals surface area contributed by atoms with Crippen molar-refractivity contribution in [1.82, 2.24) is 15.0 Å². The number of ether oxygens (including phenoxy) is 1. The summed E-state index contributed by atoms with van der Waals surface area (Å²) in [6.07, 6.45) is 9.06. The van der Waals surface area contributed by atoms with E-state index in [2.05, 4.69) is 53.2 Å². The normalized spacial score (nSPS) is 12.3. The molecule has 0 saturated carbocycles. The van der Waals surface area contributed by atoms with Gasteiger partial charge in [0, 0.05) is 30.4 Å². The van der Waals surface area contributed by atoms with Gasteiger partial charge in [-0.05, 0) is 44.4 Å². The number of carbonyl (C=O) groups is 1. The first-order valence-corrected chi connectivity index (χ1v) is 11.2. The van der Waals surface area contributed by atoms with Crippen LogP contribution in [0.3, 0.4) is 0 Å². The molecular formula is C25H37LiN4O3-2.